The Kier molecular flexibility index (Phi) is 1.93. The molecule has 1 N–H and O–H groups in total. The molecule has 2 rings (SSSR count). The van der Waals surface area contributed by atoms with E-state index in [9.17, 15) is 0 Å². The van der Waals surface area contributed by atoms with Crippen LogP contribution in [0.5, 0.6) is 0 Å². The van der Waals surface area contributed by atoms with Gasteiger partial charge in [0.25, 0.3) is 0 Å². The molecule has 66 valence electrons. The smallest absolute Gasteiger partial charge is 0.0361 e. The summed E-state index contributed by atoms with van der Waals surface area (Å²) < 4.78 is 2.11. The molecular weight excluding hydrogens is 148 g/mol. The van der Waals surface area contributed by atoms with E-state index in [0.717, 1.165) is 5.92 Å². The van der Waals surface area contributed by atoms with Crippen LogP contribution in [0.3, 0.4) is 0 Å². The Bertz CT molecular complexity index is 265. The summed E-state index contributed by atoms with van der Waals surface area (Å²) in [6.07, 6.45) is 5.63. The van der Waals surface area contributed by atoms with Gasteiger partial charge in [0.1, 0.15) is 0 Å². The molecule has 2 heterocycles. The maximum absolute atomic E-state index is 3.52. The van der Waals surface area contributed by atoms with E-state index in [2.05, 4.69) is 42.3 Å². The molecule has 0 radical (unpaired) electrons. The normalized spacial score (nSPS) is 29.5. The maximum atomic E-state index is 3.52. The SMILES string of the molecule is CC1CCNC1c1ccn(C)c1. The Hall–Kier alpha value is -0.760. The largest absolute Gasteiger partial charge is 0.357 e. The summed E-state index contributed by atoms with van der Waals surface area (Å²) in [5, 5.41) is 3.52. The van der Waals surface area contributed by atoms with E-state index >= 15 is 0 Å². The molecule has 1 aliphatic rings. The van der Waals surface area contributed by atoms with Gasteiger partial charge in [-0.15, -0.1) is 0 Å². The van der Waals surface area contributed by atoms with Crippen molar-refractivity contribution in [2.24, 2.45) is 13.0 Å². The molecule has 2 nitrogen and oxygen atoms in total. The first-order chi connectivity index (χ1) is 5.77. The van der Waals surface area contributed by atoms with Gasteiger partial charge in [-0.1, -0.05) is 6.92 Å². The predicted molar refractivity (Wildman–Crippen MR) is 49.9 cm³/mol. The van der Waals surface area contributed by atoms with Crippen LogP contribution in [0.15, 0.2) is 18.5 Å². The fraction of sp³-hybridized carbons (Fsp3) is 0.600. The zero-order valence-electron chi connectivity index (χ0n) is 7.75. The van der Waals surface area contributed by atoms with E-state index in [4.69, 9.17) is 0 Å². The van der Waals surface area contributed by atoms with Crippen LogP contribution >= 0.6 is 0 Å². The van der Waals surface area contributed by atoms with Crippen LogP contribution in [-0.2, 0) is 7.05 Å². The number of nitrogens with zero attached hydrogens (tertiary/aromatic N) is 1. The highest BCUT2D eigenvalue weighted by molar-refractivity contribution is 5.17. The first kappa shape index (κ1) is 7.87. The number of hydrogen-bond donors (Lipinski definition) is 1. The van der Waals surface area contributed by atoms with Gasteiger partial charge in [0, 0.05) is 25.5 Å². The molecule has 0 amide bonds. The summed E-state index contributed by atoms with van der Waals surface area (Å²) in [5.41, 5.74) is 1.43. The first-order valence-corrected chi connectivity index (χ1v) is 4.62. The maximum Gasteiger partial charge on any atom is 0.0361 e. The van der Waals surface area contributed by atoms with Gasteiger partial charge < -0.3 is 9.88 Å². The van der Waals surface area contributed by atoms with Gasteiger partial charge in [0.15, 0.2) is 0 Å². The average Bonchev–Trinajstić information content (AvgIpc) is 2.58. The molecule has 0 aliphatic carbocycles. The predicted octanol–water partition coefficient (Wildman–Crippen LogP) is 1.70. The molecule has 1 aromatic heterocycles. The number of aromatic nitrogens is 1. The summed E-state index contributed by atoms with van der Waals surface area (Å²) in [6.45, 7) is 3.48. The lowest BCUT2D eigenvalue weighted by Crippen LogP contribution is -2.15. The molecule has 2 atom stereocenters. The fourth-order valence-electron chi connectivity index (χ4n) is 1.99. The van der Waals surface area contributed by atoms with E-state index < -0.39 is 0 Å². The van der Waals surface area contributed by atoms with Gasteiger partial charge in [0.05, 0.1) is 0 Å². The second kappa shape index (κ2) is 2.94. The average molecular weight is 164 g/mol. The highest BCUT2D eigenvalue weighted by Crippen LogP contribution is 2.28. The van der Waals surface area contributed by atoms with E-state index in [1.807, 2.05) is 0 Å². The molecule has 1 saturated heterocycles. The number of aryl methyl sites for hydroxylation is 1. The first-order valence-electron chi connectivity index (χ1n) is 4.62. The summed E-state index contributed by atoms with van der Waals surface area (Å²) in [4.78, 5) is 0. The third kappa shape index (κ3) is 1.27. The molecule has 0 bridgehead atoms. The van der Waals surface area contributed by atoms with Gasteiger partial charge >= 0.3 is 0 Å². The van der Waals surface area contributed by atoms with Crippen molar-refractivity contribution in [3.63, 3.8) is 0 Å². The summed E-state index contributed by atoms with van der Waals surface area (Å²) in [6, 6.07) is 2.80. The van der Waals surface area contributed by atoms with Crippen LogP contribution < -0.4 is 5.32 Å². The topological polar surface area (TPSA) is 17.0 Å². The third-order valence-electron chi connectivity index (χ3n) is 2.75. The van der Waals surface area contributed by atoms with Gasteiger partial charge in [0.2, 0.25) is 0 Å². The van der Waals surface area contributed by atoms with Crippen LogP contribution in [0.1, 0.15) is 24.9 Å². The Morgan fingerprint density at radius 1 is 1.58 bits per heavy atom. The molecule has 1 aliphatic heterocycles. The zero-order chi connectivity index (χ0) is 8.55. The minimum atomic E-state index is 0.589. The number of rotatable bonds is 1. The lowest BCUT2D eigenvalue weighted by Gasteiger charge is -2.13. The van der Waals surface area contributed by atoms with Gasteiger partial charge in [-0.25, -0.2) is 0 Å². The van der Waals surface area contributed by atoms with E-state index in [0.29, 0.717) is 6.04 Å². The fourth-order valence-corrected chi connectivity index (χ4v) is 1.99. The van der Waals surface area contributed by atoms with E-state index in [1.54, 1.807) is 0 Å². The van der Waals surface area contributed by atoms with Crippen molar-refractivity contribution in [2.75, 3.05) is 6.54 Å². The van der Waals surface area contributed by atoms with Crippen LogP contribution in [0.2, 0.25) is 0 Å². The minimum Gasteiger partial charge on any atom is -0.357 e. The van der Waals surface area contributed by atoms with Crippen molar-refractivity contribution in [3.8, 4) is 0 Å². The van der Waals surface area contributed by atoms with Gasteiger partial charge in [-0.3, -0.25) is 0 Å². The minimum absolute atomic E-state index is 0.589. The van der Waals surface area contributed by atoms with Crippen LogP contribution in [-0.4, -0.2) is 11.1 Å². The number of nitrogens with one attached hydrogen (secondary N) is 1. The third-order valence-corrected chi connectivity index (χ3v) is 2.75. The van der Waals surface area contributed by atoms with Crippen LogP contribution in [0, 0.1) is 5.92 Å². The van der Waals surface area contributed by atoms with Crippen molar-refractivity contribution in [3.05, 3.63) is 24.0 Å². The summed E-state index contributed by atoms with van der Waals surface area (Å²) >= 11 is 0. The molecule has 1 fully saturated rings. The van der Waals surface area contributed by atoms with Crippen molar-refractivity contribution < 1.29 is 0 Å². The molecule has 12 heavy (non-hydrogen) atoms. The quantitative estimate of drug-likeness (QED) is 0.668. The molecule has 2 heteroatoms. The van der Waals surface area contributed by atoms with Gasteiger partial charge in [-0.05, 0) is 30.5 Å². The lowest BCUT2D eigenvalue weighted by molar-refractivity contribution is 0.503. The summed E-state index contributed by atoms with van der Waals surface area (Å²) in [7, 11) is 2.07. The Morgan fingerprint density at radius 2 is 2.42 bits per heavy atom. The number of hydrogen-bond acceptors (Lipinski definition) is 1. The van der Waals surface area contributed by atoms with E-state index in [-0.39, 0.29) is 0 Å². The highest BCUT2D eigenvalue weighted by atomic mass is 15.0. The Labute approximate surface area is 73.6 Å². The highest BCUT2D eigenvalue weighted by Gasteiger charge is 2.24. The molecular formula is C10H16N2. The molecule has 0 aromatic carbocycles. The van der Waals surface area contributed by atoms with Crippen molar-refractivity contribution in [2.45, 2.75) is 19.4 Å². The molecule has 0 spiro atoms. The molecule has 0 saturated carbocycles. The monoisotopic (exact) mass is 164 g/mol. The van der Waals surface area contributed by atoms with Crippen LogP contribution in [0.25, 0.3) is 0 Å². The second-order valence-electron chi connectivity index (χ2n) is 3.81. The molecule has 1 aromatic rings. The molecule has 2 unspecified atom stereocenters. The Morgan fingerprint density at radius 3 is 2.92 bits per heavy atom. The van der Waals surface area contributed by atoms with Crippen molar-refractivity contribution in [1.82, 2.24) is 9.88 Å². The summed E-state index contributed by atoms with van der Waals surface area (Å²) in [5.74, 6) is 0.785. The standard InChI is InChI=1S/C10H16N2/c1-8-3-5-11-10(8)9-4-6-12(2)7-9/h4,6-8,10-11H,3,5H2,1-2H3. The van der Waals surface area contributed by atoms with Gasteiger partial charge in [-0.2, -0.15) is 0 Å². The van der Waals surface area contributed by atoms with E-state index in [1.165, 1.54) is 18.5 Å². The van der Waals surface area contributed by atoms with Crippen molar-refractivity contribution >= 4 is 0 Å². The van der Waals surface area contributed by atoms with Crippen molar-refractivity contribution in [1.29, 1.82) is 0 Å². The lowest BCUT2D eigenvalue weighted by atomic mass is 9.98. The Balaban J connectivity index is 2.19. The zero-order valence-corrected chi connectivity index (χ0v) is 7.75. The second-order valence-corrected chi connectivity index (χ2v) is 3.81. The van der Waals surface area contributed by atoms with Crippen LogP contribution in [0.4, 0.5) is 0 Å².